The van der Waals surface area contributed by atoms with Crippen LogP contribution in [0.1, 0.15) is 29.9 Å². The number of rotatable bonds is 7. The summed E-state index contributed by atoms with van der Waals surface area (Å²) in [4.78, 5) is 20.0. The van der Waals surface area contributed by atoms with Gasteiger partial charge in [-0.2, -0.15) is 0 Å². The van der Waals surface area contributed by atoms with Gasteiger partial charge in [0.2, 0.25) is 0 Å². The molecule has 0 aliphatic carbocycles. The molecule has 1 aromatic carbocycles. The highest BCUT2D eigenvalue weighted by Gasteiger charge is 2.19. The summed E-state index contributed by atoms with van der Waals surface area (Å²) in [5, 5.41) is 11.7. The van der Waals surface area contributed by atoms with Crippen molar-refractivity contribution in [2.75, 3.05) is 13.1 Å². The molecule has 7 nitrogen and oxygen atoms in total. The van der Waals surface area contributed by atoms with Crippen molar-refractivity contribution in [2.24, 2.45) is 0 Å². The van der Waals surface area contributed by atoms with Crippen molar-refractivity contribution in [3.8, 4) is 0 Å². The SMILES string of the molecule is O=c1cc(CSc2nnc(CN3CCCC3)n2Cc2ccccc2)nc2sccn12. The fourth-order valence-electron chi connectivity index (χ4n) is 3.71. The molecule has 1 saturated heterocycles. The molecule has 0 saturated carbocycles. The summed E-state index contributed by atoms with van der Waals surface area (Å²) in [6.45, 7) is 3.80. The minimum atomic E-state index is -0.0441. The first kappa shape index (κ1) is 19.5. The van der Waals surface area contributed by atoms with Crippen LogP contribution in [0.4, 0.5) is 0 Å². The summed E-state index contributed by atoms with van der Waals surface area (Å²) in [5.74, 6) is 1.57. The smallest absolute Gasteiger partial charge is 0.258 e. The largest absolute Gasteiger partial charge is 0.300 e. The molecule has 30 heavy (non-hydrogen) atoms. The van der Waals surface area contributed by atoms with E-state index in [0.29, 0.717) is 5.75 Å². The van der Waals surface area contributed by atoms with Crippen LogP contribution in [-0.4, -0.2) is 42.1 Å². The molecule has 1 aliphatic rings. The predicted octanol–water partition coefficient (Wildman–Crippen LogP) is 3.28. The third kappa shape index (κ3) is 4.19. The van der Waals surface area contributed by atoms with Crippen LogP contribution in [0.25, 0.3) is 4.96 Å². The fraction of sp³-hybridized carbons (Fsp3) is 0.333. The van der Waals surface area contributed by atoms with Gasteiger partial charge in [0.25, 0.3) is 5.56 Å². The lowest BCUT2D eigenvalue weighted by Gasteiger charge is -2.16. The maximum atomic E-state index is 12.3. The molecule has 0 atom stereocenters. The van der Waals surface area contributed by atoms with Crippen LogP contribution in [-0.2, 0) is 18.8 Å². The topological polar surface area (TPSA) is 68.3 Å². The van der Waals surface area contributed by atoms with Crippen LogP contribution >= 0.6 is 23.1 Å². The van der Waals surface area contributed by atoms with Crippen LogP contribution in [0, 0.1) is 0 Å². The van der Waals surface area contributed by atoms with Gasteiger partial charge in [0.15, 0.2) is 10.1 Å². The molecular weight excluding hydrogens is 416 g/mol. The maximum absolute atomic E-state index is 12.3. The van der Waals surface area contributed by atoms with E-state index in [0.717, 1.165) is 47.8 Å². The lowest BCUT2D eigenvalue weighted by Crippen LogP contribution is -2.21. The summed E-state index contributed by atoms with van der Waals surface area (Å²) in [6, 6.07) is 12.0. The second-order valence-corrected chi connectivity index (χ2v) is 9.20. The summed E-state index contributed by atoms with van der Waals surface area (Å²) in [7, 11) is 0. The molecule has 5 rings (SSSR count). The molecule has 3 aromatic heterocycles. The first-order valence-corrected chi connectivity index (χ1v) is 11.9. The van der Waals surface area contributed by atoms with Gasteiger partial charge >= 0.3 is 0 Å². The van der Waals surface area contributed by atoms with Gasteiger partial charge in [-0.15, -0.1) is 21.5 Å². The van der Waals surface area contributed by atoms with Crippen molar-refractivity contribution in [2.45, 2.75) is 36.8 Å². The summed E-state index contributed by atoms with van der Waals surface area (Å²) in [5.41, 5.74) is 1.94. The molecule has 1 fully saturated rings. The third-order valence-electron chi connectivity index (χ3n) is 5.25. The number of thiazole rings is 1. The van der Waals surface area contributed by atoms with Crippen LogP contribution in [0.3, 0.4) is 0 Å². The molecule has 1 aliphatic heterocycles. The van der Waals surface area contributed by atoms with E-state index in [1.165, 1.54) is 29.7 Å². The zero-order valence-electron chi connectivity index (χ0n) is 16.5. The maximum Gasteiger partial charge on any atom is 0.258 e. The van der Waals surface area contributed by atoms with Gasteiger partial charge in [-0.3, -0.25) is 14.1 Å². The van der Waals surface area contributed by atoms with E-state index in [9.17, 15) is 4.79 Å². The lowest BCUT2D eigenvalue weighted by atomic mass is 10.2. The molecule has 0 radical (unpaired) electrons. The summed E-state index contributed by atoms with van der Waals surface area (Å²) < 4.78 is 3.78. The van der Waals surface area contributed by atoms with E-state index in [4.69, 9.17) is 0 Å². The Labute approximate surface area is 182 Å². The van der Waals surface area contributed by atoms with Crippen LogP contribution in [0.5, 0.6) is 0 Å². The highest BCUT2D eigenvalue weighted by atomic mass is 32.2. The quantitative estimate of drug-likeness (QED) is 0.413. The standard InChI is InChI=1S/C21H22N6OS2/c28-19-12-17(22-20-26(19)10-11-29-20)15-30-21-24-23-18(14-25-8-4-5-9-25)27(21)13-16-6-2-1-3-7-16/h1-3,6-7,10-12H,4-5,8-9,13-15H2. The molecule has 4 heterocycles. The van der Waals surface area contributed by atoms with Gasteiger partial charge in [0.05, 0.1) is 18.8 Å². The second kappa shape index (κ2) is 8.71. The van der Waals surface area contributed by atoms with E-state index in [1.54, 1.807) is 28.4 Å². The Morgan fingerprint density at radius 2 is 1.90 bits per heavy atom. The molecule has 0 unspecified atom stereocenters. The Morgan fingerprint density at radius 1 is 1.07 bits per heavy atom. The molecular formula is C21H22N6OS2. The molecule has 4 aromatic rings. The van der Waals surface area contributed by atoms with Crippen LogP contribution < -0.4 is 5.56 Å². The van der Waals surface area contributed by atoms with Gasteiger partial charge in [0.1, 0.15) is 5.82 Å². The molecule has 0 amide bonds. The van der Waals surface area contributed by atoms with E-state index in [-0.39, 0.29) is 5.56 Å². The van der Waals surface area contributed by atoms with E-state index in [2.05, 4.69) is 48.9 Å². The monoisotopic (exact) mass is 438 g/mol. The molecule has 9 heteroatoms. The Morgan fingerprint density at radius 3 is 2.73 bits per heavy atom. The van der Waals surface area contributed by atoms with E-state index in [1.807, 2.05) is 11.4 Å². The zero-order chi connectivity index (χ0) is 20.3. The Kier molecular flexibility index (Phi) is 5.65. The Hall–Kier alpha value is -2.49. The number of fused-ring (bicyclic) bond motifs is 1. The first-order chi connectivity index (χ1) is 14.8. The fourth-order valence-corrected chi connectivity index (χ4v) is 5.30. The van der Waals surface area contributed by atoms with E-state index < -0.39 is 0 Å². The van der Waals surface area contributed by atoms with Crippen molar-refractivity contribution in [1.82, 2.24) is 29.0 Å². The van der Waals surface area contributed by atoms with Crippen molar-refractivity contribution >= 4 is 28.1 Å². The number of benzene rings is 1. The average molecular weight is 439 g/mol. The molecule has 0 bridgehead atoms. The zero-order valence-corrected chi connectivity index (χ0v) is 18.1. The highest BCUT2D eigenvalue weighted by Crippen LogP contribution is 2.24. The number of aromatic nitrogens is 5. The van der Waals surface area contributed by atoms with Crippen LogP contribution in [0.15, 0.2) is 57.9 Å². The average Bonchev–Trinajstić information content (AvgIpc) is 3.50. The van der Waals surface area contributed by atoms with Gasteiger partial charge in [-0.25, -0.2) is 4.98 Å². The number of nitrogens with zero attached hydrogens (tertiary/aromatic N) is 6. The van der Waals surface area contributed by atoms with Crippen molar-refractivity contribution < 1.29 is 0 Å². The van der Waals surface area contributed by atoms with Gasteiger partial charge in [-0.1, -0.05) is 42.1 Å². The van der Waals surface area contributed by atoms with Crippen molar-refractivity contribution in [3.05, 3.63) is 75.4 Å². The van der Waals surface area contributed by atoms with E-state index >= 15 is 0 Å². The number of hydrogen-bond acceptors (Lipinski definition) is 7. The normalized spacial score (nSPS) is 14.7. The Bertz CT molecular complexity index is 1190. The van der Waals surface area contributed by atoms with Crippen molar-refractivity contribution in [3.63, 3.8) is 0 Å². The predicted molar refractivity (Wildman–Crippen MR) is 119 cm³/mol. The molecule has 0 N–H and O–H groups in total. The van der Waals surface area contributed by atoms with Gasteiger partial charge < -0.3 is 4.57 Å². The molecule has 0 spiro atoms. The van der Waals surface area contributed by atoms with Crippen LogP contribution in [0.2, 0.25) is 0 Å². The minimum absolute atomic E-state index is 0.0441. The minimum Gasteiger partial charge on any atom is -0.300 e. The second-order valence-electron chi connectivity index (χ2n) is 7.38. The summed E-state index contributed by atoms with van der Waals surface area (Å²) >= 11 is 3.05. The van der Waals surface area contributed by atoms with Gasteiger partial charge in [0, 0.05) is 23.4 Å². The highest BCUT2D eigenvalue weighted by molar-refractivity contribution is 7.98. The number of hydrogen-bond donors (Lipinski definition) is 0. The molecule has 154 valence electrons. The Balaban J connectivity index is 1.39. The lowest BCUT2D eigenvalue weighted by molar-refractivity contribution is 0.316. The van der Waals surface area contributed by atoms with Crippen molar-refractivity contribution in [1.29, 1.82) is 0 Å². The summed E-state index contributed by atoms with van der Waals surface area (Å²) in [6.07, 6.45) is 4.26. The number of likely N-dealkylation sites (tertiary alicyclic amines) is 1. The first-order valence-electron chi connectivity index (χ1n) is 10.0. The van der Waals surface area contributed by atoms with Gasteiger partial charge in [-0.05, 0) is 31.5 Å². The number of thioether (sulfide) groups is 1. The third-order valence-corrected chi connectivity index (χ3v) is 7.00.